The van der Waals surface area contributed by atoms with Gasteiger partial charge in [0, 0.05) is 26.3 Å². The molecule has 5 heteroatoms. The van der Waals surface area contributed by atoms with Crippen molar-refractivity contribution in [2.75, 3.05) is 25.5 Å². The number of benzene rings is 1. The van der Waals surface area contributed by atoms with Gasteiger partial charge in [-0.15, -0.1) is 24.0 Å². The summed E-state index contributed by atoms with van der Waals surface area (Å²) in [4.78, 5) is 6.36. The van der Waals surface area contributed by atoms with Gasteiger partial charge in [0.25, 0.3) is 0 Å². The lowest BCUT2D eigenvalue weighted by Crippen LogP contribution is -2.32. The fraction of sp³-hybridized carbons (Fsp3) is 0.357. The third-order valence-corrected chi connectivity index (χ3v) is 2.43. The molecule has 0 saturated carbocycles. The first kappa shape index (κ1) is 17.8. The summed E-state index contributed by atoms with van der Waals surface area (Å²) in [5.74, 6) is 0.452. The number of aliphatic imine (C=N–C) groups is 1. The molecule has 0 heterocycles. The van der Waals surface area contributed by atoms with Gasteiger partial charge in [-0.1, -0.05) is 24.3 Å². The molecule has 0 atom stereocenters. The van der Waals surface area contributed by atoms with Gasteiger partial charge in [-0.2, -0.15) is 0 Å². The fourth-order valence-corrected chi connectivity index (χ4v) is 1.41. The summed E-state index contributed by atoms with van der Waals surface area (Å²) < 4.78 is 0. The molecule has 0 saturated heterocycles. The van der Waals surface area contributed by atoms with Crippen LogP contribution >= 0.6 is 24.0 Å². The first-order valence-corrected chi connectivity index (χ1v) is 5.93. The van der Waals surface area contributed by atoms with E-state index in [0.717, 1.165) is 16.8 Å². The SMILES string of the molecule is C=C(C)CNC(N)=NCc1cccc(N(C)C)c1.I. The van der Waals surface area contributed by atoms with Crippen LogP contribution in [0.5, 0.6) is 0 Å². The van der Waals surface area contributed by atoms with Gasteiger partial charge < -0.3 is 16.0 Å². The van der Waals surface area contributed by atoms with Crippen molar-refractivity contribution in [1.82, 2.24) is 5.32 Å². The van der Waals surface area contributed by atoms with Gasteiger partial charge in [-0.3, -0.25) is 0 Å². The lowest BCUT2D eigenvalue weighted by atomic mass is 10.2. The van der Waals surface area contributed by atoms with E-state index >= 15 is 0 Å². The Hall–Kier alpha value is -1.24. The van der Waals surface area contributed by atoms with Crippen LogP contribution in [0.15, 0.2) is 41.4 Å². The lowest BCUT2D eigenvalue weighted by Gasteiger charge is -2.13. The summed E-state index contributed by atoms with van der Waals surface area (Å²) in [7, 11) is 4.04. The van der Waals surface area contributed by atoms with Crippen LogP contribution in [-0.2, 0) is 6.54 Å². The molecule has 0 spiro atoms. The lowest BCUT2D eigenvalue weighted by molar-refractivity contribution is 0.939. The Bertz CT molecular complexity index is 441. The minimum Gasteiger partial charge on any atom is -0.378 e. The number of hydrogen-bond acceptors (Lipinski definition) is 2. The monoisotopic (exact) mass is 374 g/mol. The normalized spacial score (nSPS) is 10.6. The summed E-state index contributed by atoms with van der Waals surface area (Å²) in [6.07, 6.45) is 0. The van der Waals surface area contributed by atoms with Crippen LogP contribution in [-0.4, -0.2) is 26.6 Å². The maximum absolute atomic E-state index is 5.76. The van der Waals surface area contributed by atoms with Crippen LogP contribution in [0, 0.1) is 0 Å². The Morgan fingerprint density at radius 2 is 2.11 bits per heavy atom. The summed E-state index contributed by atoms with van der Waals surface area (Å²) in [5.41, 5.74) is 9.09. The van der Waals surface area contributed by atoms with E-state index in [1.54, 1.807) is 0 Å². The summed E-state index contributed by atoms with van der Waals surface area (Å²) in [6.45, 7) is 6.98. The van der Waals surface area contributed by atoms with Gasteiger partial charge in [-0.05, 0) is 24.6 Å². The quantitative estimate of drug-likeness (QED) is 0.360. The molecular weight excluding hydrogens is 351 g/mol. The van der Waals surface area contributed by atoms with Crippen LogP contribution in [0.4, 0.5) is 5.69 Å². The number of rotatable bonds is 5. The van der Waals surface area contributed by atoms with Crippen molar-refractivity contribution in [2.45, 2.75) is 13.5 Å². The Morgan fingerprint density at radius 1 is 1.42 bits per heavy atom. The highest BCUT2D eigenvalue weighted by atomic mass is 127. The molecule has 106 valence electrons. The van der Waals surface area contributed by atoms with Crippen LogP contribution in [0.25, 0.3) is 0 Å². The number of hydrogen-bond donors (Lipinski definition) is 2. The molecule has 3 N–H and O–H groups in total. The molecule has 0 bridgehead atoms. The molecule has 4 nitrogen and oxygen atoms in total. The van der Waals surface area contributed by atoms with E-state index in [-0.39, 0.29) is 24.0 Å². The molecule has 1 rings (SSSR count). The second-order valence-corrected chi connectivity index (χ2v) is 4.58. The van der Waals surface area contributed by atoms with E-state index < -0.39 is 0 Å². The third kappa shape index (κ3) is 7.05. The Morgan fingerprint density at radius 3 is 2.68 bits per heavy atom. The van der Waals surface area contributed by atoms with E-state index in [1.165, 1.54) is 0 Å². The van der Waals surface area contributed by atoms with Crippen LogP contribution < -0.4 is 16.0 Å². The van der Waals surface area contributed by atoms with Crippen molar-refractivity contribution in [3.05, 3.63) is 42.0 Å². The zero-order valence-corrected chi connectivity index (χ0v) is 14.1. The average Bonchev–Trinajstić information content (AvgIpc) is 2.34. The molecule has 19 heavy (non-hydrogen) atoms. The largest absolute Gasteiger partial charge is 0.378 e. The van der Waals surface area contributed by atoms with E-state index in [2.05, 4.69) is 33.9 Å². The highest BCUT2D eigenvalue weighted by Gasteiger charge is 1.97. The second-order valence-electron chi connectivity index (χ2n) is 4.58. The minimum absolute atomic E-state index is 0. The van der Waals surface area contributed by atoms with Gasteiger partial charge in [0.1, 0.15) is 0 Å². The molecule has 0 amide bonds. The second kappa shape index (κ2) is 8.79. The van der Waals surface area contributed by atoms with Crippen molar-refractivity contribution < 1.29 is 0 Å². The molecule has 0 unspecified atom stereocenters. The average molecular weight is 374 g/mol. The van der Waals surface area contributed by atoms with Crippen molar-refractivity contribution in [3.63, 3.8) is 0 Å². The smallest absolute Gasteiger partial charge is 0.189 e. The highest BCUT2D eigenvalue weighted by molar-refractivity contribution is 14.0. The van der Waals surface area contributed by atoms with Gasteiger partial charge in [0.05, 0.1) is 6.54 Å². The van der Waals surface area contributed by atoms with E-state index in [4.69, 9.17) is 5.73 Å². The first-order valence-electron chi connectivity index (χ1n) is 5.93. The van der Waals surface area contributed by atoms with Crippen molar-refractivity contribution in [3.8, 4) is 0 Å². The summed E-state index contributed by atoms with van der Waals surface area (Å²) in [5, 5.41) is 3.01. The molecule has 0 aliphatic rings. The van der Waals surface area contributed by atoms with E-state index in [9.17, 15) is 0 Å². The van der Waals surface area contributed by atoms with Crippen molar-refractivity contribution in [2.24, 2.45) is 10.7 Å². The van der Waals surface area contributed by atoms with E-state index in [1.807, 2.05) is 33.2 Å². The Kier molecular flexibility index (Phi) is 8.22. The topological polar surface area (TPSA) is 53.6 Å². The van der Waals surface area contributed by atoms with Gasteiger partial charge in [0.15, 0.2) is 5.96 Å². The molecular formula is C14H23IN4. The standard InChI is InChI=1S/C14H22N4.HI/c1-11(2)9-16-14(15)17-10-12-6-5-7-13(8-12)18(3)4;/h5-8H,1,9-10H2,2-4H3,(H3,15,16,17);1H. The molecule has 0 fully saturated rings. The number of nitrogens with one attached hydrogen (secondary N) is 1. The van der Waals surface area contributed by atoms with Crippen molar-refractivity contribution in [1.29, 1.82) is 0 Å². The number of anilines is 1. The van der Waals surface area contributed by atoms with Crippen molar-refractivity contribution >= 4 is 35.6 Å². The van der Waals surface area contributed by atoms with Crippen LogP contribution in [0.2, 0.25) is 0 Å². The summed E-state index contributed by atoms with van der Waals surface area (Å²) >= 11 is 0. The third-order valence-electron chi connectivity index (χ3n) is 2.43. The Balaban J connectivity index is 0.00000324. The fourth-order valence-electron chi connectivity index (χ4n) is 1.41. The number of nitrogens with two attached hydrogens (primary N) is 1. The number of nitrogens with zero attached hydrogens (tertiary/aromatic N) is 2. The highest BCUT2D eigenvalue weighted by Crippen LogP contribution is 2.13. The molecule has 0 aliphatic carbocycles. The molecule has 1 aromatic rings. The Labute approximate surface area is 132 Å². The van der Waals surface area contributed by atoms with Crippen LogP contribution in [0.3, 0.4) is 0 Å². The van der Waals surface area contributed by atoms with E-state index in [0.29, 0.717) is 19.0 Å². The zero-order valence-electron chi connectivity index (χ0n) is 11.8. The molecule has 1 aromatic carbocycles. The molecule has 0 radical (unpaired) electrons. The predicted molar refractivity (Wildman–Crippen MR) is 94.3 cm³/mol. The summed E-state index contributed by atoms with van der Waals surface area (Å²) in [6, 6.07) is 8.24. The first-order chi connectivity index (χ1) is 8.49. The minimum atomic E-state index is 0. The number of halogens is 1. The van der Waals surface area contributed by atoms with Gasteiger partial charge >= 0.3 is 0 Å². The van der Waals surface area contributed by atoms with Gasteiger partial charge in [-0.25, -0.2) is 4.99 Å². The van der Waals surface area contributed by atoms with Crippen LogP contribution in [0.1, 0.15) is 12.5 Å². The zero-order chi connectivity index (χ0) is 13.5. The maximum Gasteiger partial charge on any atom is 0.189 e. The number of guanidine groups is 1. The maximum atomic E-state index is 5.76. The molecule has 0 aromatic heterocycles. The van der Waals surface area contributed by atoms with Gasteiger partial charge in [0.2, 0.25) is 0 Å². The molecule has 0 aliphatic heterocycles. The predicted octanol–water partition coefficient (Wildman–Crippen LogP) is 2.35.